The number of esters is 1. The van der Waals surface area contributed by atoms with E-state index in [1.54, 1.807) is 18.2 Å². The average Bonchev–Trinajstić information content (AvgIpc) is 2.57. The van der Waals surface area contributed by atoms with Crippen molar-refractivity contribution in [1.82, 2.24) is 5.32 Å². The van der Waals surface area contributed by atoms with Crippen LogP contribution in [0.3, 0.4) is 0 Å². The van der Waals surface area contributed by atoms with Gasteiger partial charge in [0.1, 0.15) is 5.75 Å². The molecular formula is C18H25NO5. The van der Waals surface area contributed by atoms with E-state index in [-0.39, 0.29) is 30.8 Å². The topological polar surface area (TPSA) is 81.7 Å². The number of ether oxygens (including phenoxy) is 2. The largest absolute Gasteiger partial charge is 0.496 e. The summed E-state index contributed by atoms with van der Waals surface area (Å²) < 4.78 is 10.2. The van der Waals surface area contributed by atoms with Crippen LogP contribution in [0.2, 0.25) is 0 Å². The summed E-state index contributed by atoms with van der Waals surface area (Å²) in [4.78, 5) is 35.1. The third kappa shape index (κ3) is 6.02. The second-order valence-electron chi connectivity index (χ2n) is 5.50. The van der Waals surface area contributed by atoms with Crippen molar-refractivity contribution < 1.29 is 23.9 Å². The molecule has 24 heavy (non-hydrogen) atoms. The van der Waals surface area contributed by atoms with Gasteiger partial charge >= 0.3 is 5.97 Å². The summed E-state index contributed by atoms with van der Waals surface area (Å²) in [6, 6.07) is 4.97. The highest BCUT2D eigenvalue weighted by molar-refractivity contribution is 5.94. The third-order valence-electron chi connectivity index (χ3n) is 3.74. The van der Waals surface area contributed by atoms with Gasteiger partial charge in [-0.1, -0.05) is 13.8 Å². The molecule has 0 aliphatic rings. The maximum Gasteiger partial charge on any atom is 0.310 e. The molecule has 0 heterocycles. The van der Waals surface area contributed by atoms with Gasteiger partial charge in [-0.05, 0) is 38.0 Å². The number of ketones is 1. The summed E-state index contributed by atoms with van der Waals surface area (Å²) in [6.45, 7) is 5.10. The van der Waals surface area contributed by atoms with Crippen molar-refractivity contribution in [2.45, 2.75) is 46.1 Å². The van der Waals surface area contributed by atoms with Crippen LogP contribution < -0.4 is 10.1 Å². The van der Waals surface area contributed by atoms with Crippen molar-refractivity contribution in [3.05, 3.63) is 29.3 Å². The van der Waals surface area contributed by atoms with Gasteiger partial charge in [0.25, 0.3) is 5.91 Å². The van der Waals surface area contributed by atoms with Crippen LogP contribution in [0.4, 0.5) is 0 Å². The Balaban J connectivity index is 2.63. The highest BCUT2D eigenvalue weighted by atomic mass is 16.5. The molecule has 132 valence electrons. The van der Waals surface area contributed by atoms with E-state index in [2.05, 4.69) is 5.32 Å². The monoisotopic (exact) mass is 335 g/mol. The van der Waals surface area contributed by atoms with E-state index in [1.165, 1.54) is 14.0 Å². The highest BCUT2D eigenvalue weighted by Crippen LogP contribution is 2.21. The van der Waals surface area contributed by atoms with Crippen molar-refractivity contribution in [3.63, 3.8) is 0 Å². The first kappa shape index (κ1) is 19.7. The lowest BCUT2D eigenvalue weighted by atomic mass is 10.0. The molecule has 0 aliphatic heterocycles. The van der Waals surface area contributed by atoms with Crippen LogP contribution >= 0.6 is 0 Å². The Labute approximate surface area is 142 Å². The summed E-state index contributed by atoms with van der Waals surface area (Å²) in [5.74, 6) is -0.467. The molecule has 0 radical (unpaired) electrons. The lowest BCUT2D eigenvalue weighted by molar-refractivity contribution is -0.148. The molecule has 6 nitrogen and oxygen atoms in total. The molecule has 1 aromatic carbocycles. The SMILES string of the molecule is CCC(CC)NC(=O)COC(=O)Cc1cc(C(C)=O)ccc1OC. The second-order valence-corrected chi connectivity index (χ2v) is 5.50. The smallest absolute Gasteiger partial charge is 0.310 e. The van der Waals surface area contributed by atoms with Crippen LogP contribution in [0.15, 0.2) is 18.2 Å². The van der Waals surface area contributed by atoms with E-state index in [9.17, 15) is 14.4 Å². The van der Waals surface area contributed by atoms with Crippen LogP contribution in [0.25, 0.3) is 0 Å². The molecule has 0 aromatic heterocycles. The summed E-state index contributed by atoms with van der Waals surface area (Å²) in [5, 5.41) is 2.80. The predicted molar refractivity (Wildman–Crippen MR) is 90.2 cm³/mol. The zero-order chi connectivity index (χ0) is 18.1. The quantitative estimate of drug-likeness (QED) is 0.553. The molecule has 0 fully saturated rings. The molecule has 1 N–H and O–H groups in total. The standard InChI is InChI=1S/C18H25NO5/c1-5-15(6-2)19-17(21)11-24-18(22)10-14-9-13(12(3)20)7-8-16(14)23-4/h7-9,15H,5-6,10-11H2,1-4H3,(H,19,21). The van der Waals surface area contributed by atoms with Crippen LogP contribution in [0.5, 0.6) is 5.75 Å². The molecule has 0 bridgehead atoms. The molecule has 0 saturated carbocycles. The Morgan fingerprint density at radius 1 is 1.17 bits per heavy atom. The Morgan fingerprint density at radius 3 is 2.38 bits per heavy atom. The van der Waals surface area contributed by atoms with Crippen LogP contribution in [-0.2, 0) is 20.7 Å². The highest BCUT2D eigenvalue weighted by Gasteiger charge is 2.15. The molecule has 1 rings (SSSR count). The third-order valence-corrected chi connectivity index (χ3v) is 3.74. The van der Waals surface area contributed by atoms with Gasteiger partial charge in [0.05, 0.1) is 13.5 Å². The Hall–Kier alpha value is -2.37. The molecule has 0 atom stereocenters. The number of hydrogen-bond acceptors (Lipinski definition) is 5. The van der Waals surface area contributed by atoms with Crippen molar-refractivity contribution in [2.24, 2.45) is 0 Å². The maximum atomic E-state index is 11.9. The minimum absolute atomic E-state index is 0.0669. The molecule has 1 aromatic rings. The number of rotatable bonds is 9. The zero-order valence-corrected chi connectivity index (χ0v) is 14.7. The summed E-state index contributed by atoms with van der Waals surface area (Å²) >= 11 is 0. The van der Waals surface area contributed by atoms with Gasteiger partial charge in [-0.25, -0.2) is 0 Å². The number of hydrogen-bond donors (Lipinski definition) is 1. The fraction of sp³-hybridized carbons (Fsp3) is 0.500. The Morgan fingerprint density at radius 2 is 1.83 bits per heavy atom. The number of nitrogens with one attached hydrogen (secondary N) is 1. The second kappa shape index (κ2) is 9.70. The first-order valence-electron chi connectivity index (χ1n) is 8.04. The predicted octanol–water partition coefficient (Wildman–Crippen LogP) is 2.29. The van der Waals surface area contributed by atoms with E-state index in [4.69, 9.17) is 9.47 Å². The fourth-order valence-corrected chi connectivity index (χ4v) is 2.25. The van der Waals surface area contributed by atoms with Crippen LogP contribution in [0, 0.1) is 0 Å². The van der Waals surface area contributed by atoms with Gasteiger partial charge in [-0.2, -0.15) is 0 Å². The molecule has 0 spiro atoms. The molecule has 0 unspecified atom stereocenters. The van der Waals surface area contributed by atoms with Gasteiger partial charge in [0.15, 0.2) is 12.4 Å². The number of amides is 1. The van der Waals surface area contributed by atoms with E-state index in [0.29, 0.717) is 16.9 Å². The molecular weight excluding hydrogens is 310 g/mol. The number of methoxy groups -OCH3 is 1. The van der Waals surface area contributed by atoms with E-state index >= 15 is 0 Å². The number of carbonyl (C=O) groups is 3. The van der Waals surface area contributed by atoms with Crippen molar-refractivity contribution in [3.8, 4) is 5.75 Å². The Bertz CT molecular complexity index is 593. The number of benzene rings is 1. The van der Waals surface area contributed by atoms with Gasteiger partial charge < -0.3 is 14.8 Å². The van der Waals surface area contributed by atoms with Gasteiger partial charge in [0, 0.05) is 17.2 Å². The average molecular weight is 335 g/mol. The lowest BCUT2D eigenvalue weighted by Gasteiger charge is -2.14. The lowest BCUT2D eigenvalue weighted by Crippen LogP contribution is -2.37. The van der Waals surface area contributed by atoms with Crippen LogP contribution in [-0.4, -0.2) is 37.4 Å². The van der Waals surface area contributed by atoms with Gasteiger partial charge in [-0.3, -0.25) is 14.4 Å². The number of Topliss-reactive ketones (excluding diaryl/α,β-unsaturated/α-hetero) is 1. The minimum Gasteiger partial charge on any atom is -0.496 e. The van der Waals surface area contributed by atoms with Crippen LogP contribution in [0.1, 0.15) is 49.5 Å². The van der Waals surface area contributed by atoms with E-state index in [1.807, 2.05) is 13.8 Å². The molecule has 1 amide bonds. The molecule has 0 aliphatic carbocycles. The summed E-state index contributed by atoms with van der Waals surface area (Å²) in [6.07, 6.45) is 1.58. The first-order valence-corrected chi connectivity index (χ1v) is 8.04. The summed E-state index contributed by atoms with van der Waals surface area (Å²) in [7, 11) is 1.49. The van der Waals surface area contributed by atoms with Crippen molar-refractivity contribution in [1.29, 1.82) is 0 Å². The summed E-state index contributed by atoms with van der Waals surface area (Å²) in [5.41, 5.74) is 1.04. The minimum atomic E-state index is -0.548. The molecule has 0 saturated heterocycles. The van der Waals surface area contributed by atoms with Gasteiger partial charge in [-0.15, -0.1) is 0 Å². The zero-order valence-electron chi connectivity index (χ0n) is 14.7. The normalized spacial score (nSPS) is 10.4. The fourth-order valence-electron chi connectivity index (χ4n) is 2.25. The Kier molecular flexibility index (Phi) is 7.95. The van der Waals surface area contributed by atoms with E-state index < -0.39 is 5.97 Å². The molecule has 6 heteroatoms. The van der Waals surface area contributed by atoms with Gasteiger partial charge in [0.2, 0.25) is 0 Å². The first-order chi connectivity index (χ1) is 11.4. The number of carbonyl (C=O) groups excluding carboxylic acids is 3. The maximum absolute atomic E-state index is 11.9. The van der Waals surface area contributed by atoms with Crippen molar-refractivity contribution >= 4 is 17.7 Å². The van der Waals surface area contributed by atoms with Crippen molar-refractivity contribution in [2.75, 3.05) is 13.7 Å². The van der Waals surface area contributed by atoms with E-state index in [0.717, 1.165) is 12.8 Å².